The van der Waals surface area contributed by atoms with Gasteiger partial charge in [-0.05, 0) is 20.8 Å². The largest absolute Gasteiger partial charge is 0.466 e. The van der Waals surface area contributed by atoms with Crippen LogP contribution in [0, 0.1) is 0 Å². The molecule has 0 aromatic heterocycles. The second kappa shape index (κ2) is 11.0. The first-order valence-corrected chi connectivity index (χ1v) is 8.54. The van der Waals surface area contributed by atoms with Gasteiger partial charge in [0.05, 0.1) is 13.0 Å². The van der Waals surface area contributed by atoms with Gasteiger partial charge in [-0.15, -0.1) is 0 Å². The molecule has 0 saturated heterocycles. The minimum Gasteiger partial charge on any atom is -0.466 e. The zero-order chi connectivity index (χ0) is 15.4. The lowest BCUT2D eigenvalue weighted by Crippen LogP contribution is -2.32. The van der Waals surface area contributed by atoms with Crippen LogP contribution in [0.3, 0.4) is 0 Å². The highest BCUT2D eigenvalue weighted by atomic mass is 31.1. The average molecular weight is 305 g/mol. The number of hydrogen-bond donors (Lipinski definition) is 0. The fraction of sp³-hybridized carbons (Fsp3) is 0.786. The van der Waals surface area contributed by atoms with Gasteiger partial charge < -0.3 is 14.2 Å². The Morgan fingerprint density at radius 1 is 1.05 bits per heavy atom. The van der Waals surface area contributed by atoms with E-state index in [0.717, 1.165) is 0 Å². The summed E-state index contributed by atoms with van der Waals surface area (Å²) in [5.41, 5.74) is -1.02. The van der Waals surface area contributed by atoms with Gasteiger partial charge in [0, 0.05) is 25.8 Å². The normalized spacial score (nSPS) is 12.7. The van der Waals surface area contributed by atoms with Crippen LogP contribution in [0.15, 0.2) is 12.2 Å². The van der Waals surface area contributed by atoms with Crippen molar-refractivity contribution in [3.63, 3.8) is 0 Å². The molecule has 0 saturated carbocycles. The van der Waals surface area contributed by atoms with Crippen LogP contribution in [0.25, 0.3) is 0 Å². The van der Waals surface area contributed by atoms with E-state index >= 15 is 0 Å². The van der Waals surface area contributed by atoms with Crippen molar-refractivity contribution >= 4 is 13.8 Å². The fourth-order valence-corrected chi connectivity index (χ4v) is 3.24. The van der Waals surface area contributed by atoms with Crippen molar-refractivity contribution < 1.29 is 23.6 Å². The van der Waals surface area contributed by atoms with Crippen molar-refractivity contribution in [3.8, 4) is 0 Å². The second-order valence-corrected chi connectivity index (χ2v) is 5.78. The Hall–Kier alpha value is -0.770. The van der Waals surface area contributed by atoms with E-state index in [0.29, 0.717) is 32.4 Å². The van der Waals surface area contributed by atoms with Gasteiger partial charge in [-0.25, -0.2) is 0 Å². The van der Waals surface area contributed by atoms with Crippen molar-refractivity contribution in [2.24, 2.45) is 0 Å². The monoisotopic (exact) mass is 305 g/mol. The predicted molar refractivity (Wildman–Crippen MR) is 79.1 cm³/mol. The molecule has 0 rings (SSSR count). The lowest BCUT2D eigenvalue weighted by Gasteiger charge is -2.30. The first kappa shape index (κ1) is 19.2. The summed E-state index contributed by atoms with van der Waals surface area (Å²) < 4.78 is 28.3. The Bertz CT molecular complexity index is 322. The molecule has 0 heterocycles. The van der Waals surface area contributed by atoms with E-state index in [1.807, 2.05) is 20.8 Å². The van der Waals surface area contributed by atoms with E-state index in [4.69, 9.17) is 14.2 Å². The van der Waals surface area contributed by atoms with Gasteiger partial charge in [-0.2, -0.15) is 0 Å². The maximum Gasteiger partial charge on any atom is 0.309 e. The number of ether oxygens (including phenoxy) is 3. The van der Waals surface area contributed by atoms with E-state index in [1.165, 1.54) is 0 Å². The lowest BCUT2D eigenvalue weighted by molar-refractivity contribution is -0.172. The molecule has 0 N–H and O–H groups in total. The Labute approximate surface area is 122 Å². The third-order valence-electron chi connectivity index (χ3n) is 2.59. The highest BCUT2D eigenvalue weighted by molar-refractivity contribution is 7.46. The summed E-state index contributed by atoms with van der Waals surface area (Å²) >= 11 is 0. The minimum atomic E-state index is -1.71. The molecule has 1 unspecified atom stereocenters. The number of hydrogen-bond acceptors (Lipinski definition) is 5. The number of esters is 1. The summed E-state index contributed by atoms with van der Waals surface area (Å²) in [5.74, 6) is -0.282. The summed E-state index contributed by atoms with van der Waals surface area (Å²) in [6.45, 7) is 8.61. The predicted octanol–water partition coefficient (Wildman–Crippen LogP) is 3.46. The molecule has 6 heteroatoms. The molecule has 1 atom stereocenters. The van der Waals surface area contributed by atoms with Crippen molar-refractivity contribution in [1.82, 2.24) is 0 Å². The van der Waals surface area contributed by atoms with Crippen molar-refractivity contribution in [2.45, 2.75) is 46.1 Å². The van der Waals surface area contributed by atoms with E-state index < -0.39 is 13.3 Å². The molecule has 0 aromatic rings. The Morgan fingerprint density at radius 2 is 1.65 bits per heavy atom. The average Bonchev–Trinajstić information content (AvgIpc) is 2.43. The first-order valence-electron chi connectivity index (χ1n) is 7.09. The van der Waals surface area contributed by atoms with Gasteiger partial charge in [0.1, 0.15) is 7.80 Å². The lowest BCUT2D eigenvalue weighted by atomic mass is 10.4. The number of rotatable bonds is 11. The highest BCUT2D eigenvalue weighted by Crippen LogP contribution is 2.43. The van der Waals surface area contributed by atoms with E-state index in [1.54, 1.807) is 19.1 Å². The zero-order valence-corrected chi connectivity index (χ0v) is 13.8. The molecular weight excluding hydrogens is 279 g/mol. The molecule has 0 aromatic carbocycles. The molecule has 117 valence electrons. The quantitative estimate of drug-likeness (QED) is 0.253. The topological polar surface area (TPSA) is 61.8 Å². The van der Waals surface area contributed by atoms with Crippen LogP contribution in [0.2, 0.25) is 0 Å². The molecule has 1 radical (unpaired) electrons. The molecule has 0 amide bonds. The summed E-state index contributed by atoms with van der Waals surface area (Å²) in [4.78, 5) is 11.2. The van der Waals surface area contributed by atoms with E-state index in [2.05, 4.69) is 0 Å². The maximum atomic E-state index is 12.4. The Morgan fingerprint density at radius 3 is 2.10 bits per heavy atom. The van der Waals surface area contributed by atoms with Gasteiger partial charge >= 0.3 is 5.97 Å². The maximum absolute atomic E-state index is 12.4. The number of carbonyl (C=O) groups excluding carboxylic acids is 1. The fourth-order valence-electron chi connectivity index (χ4n) is 1.73. The van der Waals surface area contributed by atoms with Gasteiger partial charge in [-0.3, -0.25) is 9.36 Å². The summed E-state index contributed by atoms with van der Waals surface area (Å²) in [6, 6.07) is 0. The summed E-state index contributed by atoms with van der Waals surface area (Å²) in [7, 11) is -1.71. The van der Waals surface area contributed by atoms with E-state index in [9.17, 15) is 9.36 Å². The molecular formula is C14H26O5P. The molecule has 0 fully saturated rings. The molecule has 20 heavy (non-hydrogen) atoms. The number of allylic oxidation sites excluding steroid dienone is 1. The Kier molecular flexibility index (Phi) is 10.5. The van der Waals surface area contributed by atoms with Gasteiger partial charge in [0.15, 0.2) is 0 Å². The highest BCUT2D eigenvalue weighted by Gasteiger charge is 2.36. The van der Waals surface area contributed by atoms with Crippen LogP contribution < -0.4 is 0 Å². The molecule has 0 bridgehead atoms. The standard InChI is InChI=1S/C14H26O5P/c1-5-14(18-7-3,19-8-4)20(16)12-10-9-11-13(15)17-6-2/h9-10H,5-8,11-12H2,1-4H3. The Balaban J connectivity index is 4.46. The smallest absolute Gasteiger partial charge is 0.309 e. The van der Waals surface area contributed by atoms with Crippen LogP contribution >= 0.6 is 7.80 Å². The van der Waals surface area contributed by atoms with Crippen LogP contribution in [0.5, 0.6) is 0 Å². The van der Waals surface area contributed by atoms with Crippen molar-refractivity contribution in [2.75, 3.05) is 26.0 Å². The van der Waals surface area contributed by atoms with Crippen molar-refractivity contribution in [1.29, 1.82) is 0 Å². The van der Waals surface area contributed by atoms with Gasteiger partial charge in [0.25, 0.3) is 0 Å². The first-order chi connectivity index (χ1) is 9.56. The SMILES string of the molecule is CCOC(=O)CC=CC[P](=O)C(CC)(OCC)OCC. The third kappa shape index (κ3) is 6.60. The third-order valence-corrected chi connectivity index (χ3v) is 4.47. The molecule has 0 aliphatic heterocycles. The summed E-state index contributed by atoms with van der Waals surface area (Å²) in [5, 5.41) is 0. The molecule has 0 aliphatic rings. The van der Waals surface area contributed by atoms with E-state index in [-0.39, 0.29) is 12.4 Å². The van der Waals surface area contributed by atoms with Crippen LogP contribution in [0.4, 0.5) is 0 Å². The van der Waals surface area contributed by atoms with Crippen LogP contribution in [0.1, 0.15) is 40.5 Å². The van der Waals surface area contributed by atoms with Crippen molar-refractivity contribution in [3.05, 3.63) is 12.2 Å². The molecule has 0 spiro atoms. The van der Waals surface area contributed by atoms with Gasteiger partial charge in [-0.1, -0.05) is 19.1 Å². The second-order valence-electron chi connectivity index (χ2n) is 3.97. The zero-order valence-electron chi connectivity index (χ0n) is 12.9. The van der Waals surface area contributed by atoms with Gasteiger partial charge in [0.2, 0.25) is 5.53 Å². The minimum absolute atomic E-state index is 0.194. The number of carbonyl (C=O) groups is 1. The molecule has 5 nitrogen and oxygen atoms in total. The summed E-state index contributed by atoms with van der Waals surface area (Å²) in [6.07, 6.45) is 4.43. The van der Waals surface area contributed by atoms with Crippen LogP contribution in [-0.2, 0) is 23.6 Å². The molecule has 0 aliphatic carbocycles. The van der Waals surface area contributed by atoms with Crippen LogP contribution in [-0.4, -0.2) is 37.5 Å².